The molecular formula is C21H20N4O5S. The monoisotopic (exact) mass is 440 g/mol. The van der Waals surface area contributed by atoms with E-state index in [-0.39, 0.29) is 17.1 Å². The van der Waals surface area contributed by atoms with E-state index in [1.807, 2.05) is 17.0 Å². The molecule has 0 unspecified atom stereocenters. The average molecular weight is 440 g/mol. The number of primary sulfonamides is 1. The third-order valence-electron chi connectivity index (χ3n) is 5.10. The maximum Gasteiger partial charge on any atom is 0.340 e. The lowest BCUT2D eigenvalue weighted by molar-refractivity contribution is 0.0472. The van der Waals surface area contributed by atoms with E-state index in [1.54, 1.807) is 28.9 Å². The number of nitrogens with zero attached hydrogens (tertiary/aromatic N) is 3. The van der Waals surface area contributed by atoms with Gasteiger partial charge >= 0.3 is 5.97 Å². The van der Waals surface area contributed by atoms with E-state index < -0.39 is 16.0 Å². The first kappa shape index (κ1) is 20.9. The van der Waals surface area contributed by atoms with Gasteiger partial charge in [-0.3, -0.25) is 0 Å². The molecule has 31 heavy (non-hydrogen) atoms. The molecule has 0 spiro atoms. The van der Waals surface area contributed by atoms with Crippen molar-refractivity contribution in [3.05, 3.63) is 65.5 Å². The second-order valence-corrected chi connectivity index (χ2v) is 8.60. The summed E-state index contributed by atoms with van der Waals surface area (Å²) < 4.78 is 36.2. The lowest BCUT2D eigenvalue weighted by Crippen LogP contribution is -2.37. The third kappa shape index (κ3) is 4.25. The molecular weight excluding hydrogens is 420 g/mol. The van der Waals surface area contributed by atoms with Crippen LogP contribution in [0.5, 0.6) is 0 Å². The van der Waals surface area contributed by atoms with Crippen molar-refractivity contribution in [2.24, 2.45) is 5.14 Å². The normalized spacial score (nSPS) is 14.4. The van der Waals surface area contributed by atoms with E-state index in [0.717, 1.165) is 0 Å². The van der Waals surface area contributed by atoms with Crippen molar-refractivity contribution in [1.82, 2.24) is 4.40 Å². The van der Waals surface area contributed by atoms with E-state index in [9.17, 15) is 18.5 Å². The van der Waals surface area contributed by atoms with Crippen LogP contribution in [0.15, 0.2) is 53.7 Å². The molecule has 3 aromatic rings. The van der Waals surface area contributed by atoms with E-state index in [4.69, 9.17) is 14.6 Å². The summed E-state index contributed by atoms with van der Waals surface area (Å²) in [5, 5.41) is 14.8. The summed E-state index contributed by atoms with van der Waals surface area (Å²) in [4.78, 5) is 14.7. The topological polar surface area (TPSA) is 127 Å². The highest BCUT2D eigenvalue weighted by molar-refractivity contribution is 7.89. The Morgan fingerprint density at radius 1 is 1.23 bits per heavy atom. The zero-order valence-corrected chi connectivity index (χ0v) is 17.3. The highest BCUT2D eigenvalue weighted by Gasteiger charge is 2.23. The summed E-state index contributed by atoms with van der Waals surface area (Å²) >= 11 is 0. The molecule has 2 N–H and O–H groups in total. The van der Waals surface area contributed by atoms with E-state index in [1.165, 1.54) is 12.1 Å². The summed E-state index contributed by atoms with van der Waals surface area (Å²) in [5.74, 6) is -0.703. The molecule has 160 valence electrons. The lowest BCUT2D eigenvalue weighted by atomic mass is 10.1. The van der Waals surface area contributed by atoms with Crippen LogP contribution in [0, 0.1) is 11.3 Å². The molecule has 4 rings (SSSR count). The van der Waals surface area contributed by atoms with Crippen LogP contribution < -0.4 is 10.0 Å². The van der Waals surface area contributed by atoms with Crippen LogP contribution in [0.1, 0.15) is 21.5 Å². The number of benzene rings is 1. The number of pyridine rings is 1. The molecule has 1 aliphatic heterocycles. The van der Waals surface area contributed by atoms with Crippen molar-refractivity contribution >= 4 is 27.2 Å². The van der Waals surface area contributed by atoms with Crippen LogP contribution in [0.25, 0.3) is 5.52 Å². The van der Waals surface area contributed by atoms with Crippen molar-refractivity contribution in [3.8, 4) is 6.07 Å². The number of ether oxygens (including phenoxy) is 2. The molecule has 3 heterocycles. The summed E-state index contributed by atoms with van der Waals surface area (Å²) in [6.45, 7) is 1.96. The van der Waals surface area contributed by atoms with Crippen LogP contribution >= 0.6 is 0 Å². The Hall–Kier alpha value is -3.39. The number of morpholine rings is 1. The van der Waals surface area contributed by atoms with Gasteiger partial charge in [0, 0.05) is 31.0 Å². The number of hydrogen-bond donors (Lipinski definition) is 1. The number of carbonyl (C=O) groups excluding carboxylic acids is 1. The van der Waals surface area contributed by atoms with Gasteiger partial charge in [-0.15, -0.1) is 0 Å². The summed E-state index contributed by atoms with van der Waals surface area (Å²) in [5.41, 5.74) is 2.32. The molecule has 2 aromatic heterocycles. The minimum absolute atomic E-state index is 0.0932. The van der Waals surface area contributed by atoms with E-state index in [0.29, 0.717) is 48.6 Å². The summed E-state index contributed by atoms with van der Waals surface area (Å²) in [6, 6.07) is 11.7. The molecule has 1 aliphatic rings. The third-order valence-corrected chi connectivity index (χ3v) is 6.01. The SMILES string of the molecule is N#Cc1c(COC(=O)c2cc(S(N)(=O)=O)ccc2N2CCOCC2)cn2ccccc12. The Bertz CT molecular complexity index is 1290. The number of esters is 1. The van der Waals surface area contributed by atoms with Gasteiger partial charge in [-0.25, -0.2) is 18.4 Å². The van der Waals surface area contributed by atoms with Crippen LogP contribution in [-0.2, 0) is 26.1 Å². The zero-order valence-electron chi connectivity index (χ0n) is 16.5. The van der Waals surface area contributed by atoms with Gasteiger partial charge in [-0.05, 0) is 30.3 Å². The second-order valence-electron chi connectivity index (χ2n) is 7.03. The van der Waals surface area contributed by atoms with Crippen molar-refractivity contribution in [2.45, 2.75) is 11.5 Å². The smallest absolute Gasteiger partial charge is 0.340 e. The number of carbonyl (C=O) groups is 1. The van der Waals surface area contributed by atoms with Gasteiger partial charge in [0.1, 0.15) is 12.7 Å². The Balaban J connectivity index is 1.65. The molecule has 0 atom stereocenters. The largest absolute Gasteiger partial charge is 0.457 e. The van der Waals surface area contributed by atoms with Gasteiger partial charge in [0.25, 0.3) is 0 Å². The zero-order chi connectivity index (χ0) is 22.0. The predicted molar refractivity (Wildman–Crippen MR) is 112 cm³/mol. The predicted octanol–water partition coefficient (Wildman–Crippen LogP) is 1.65. The van der Waals surface area contributed by atoms with Crippen LogP contribution in [0.4, 0.5) is 5.69 Å². The molecule has 9 nitrogen and oxygen atoms in total. The van der Waals surface area contributed by atoms with Gasteiger partial charge in [0.15, 0.2) is 0 Å². The highest BCUT2D eigenvalue weighted by Crippen LogP contribution is 2.26. The van der Waals surface area contributed by atoms with Crippen LogP contribution in [0.2, 0.25) is 0 Å². The molecule has 0 aliphatic carbocycles. The highest BCUT2D eigenvalue weighted by atomic mass is 32.2. The van der Waals surface area contributed by atoms with Gasteiger partial charge < -0.3 is 18.8 Å². The molecule has 1 aromatic carbocycles. The van der Waals surface area contributed by atoms with E-state index in [2.05, 4.69) is 6.07 Å². The summed E-state index contributed by atoms with van der Waals surface area (Å²) in [7, 11) is -4.00. The average Bonchev–Trinajstić information content (AvgIpc) is 3.14. The van der Waals surface area contributed by atoms with Gasteiger partial charge in [-0.1, -0.05) is 6.07 Å². The van der Waals surface area contributed by atoms with Crippen LogP contribution in [-0.4, -0.2) is 45.1 Å². The van der Waals surface area contributed by atoms with Gasteiger partial charge in [-0.2, -0.15) is 5.26 Å². The van der Waals surface area contributed by atoms with Crippen molar-refractivity contribution in [3.63, 3.8) is 0 Å². The maximum atomic E-state index is 13.0. The maximum absolute atomic E-state index is 13.0. The molecule has 1 fully saturated rings. The molecule has 0 amide bonds. The van der Waals surface area contributed by atoms with Gasteiger partial charge in [0.2, 0.25) is 10.0 Å². The molecule has 0 bridgehead atoms. The van der Waals surface area contributed by atoms with Crippen molar-refractivity contribution < 1.29 is 22.7 Å². The number of nitriles is 1. The quantitative estimate of drug-likeness (QED) is 0.598. The Kier molecular flexibility index (Phi) is 5.65. The fourth-order valence-electron chi connectivity index (χ4n) is 3.57. The molecule has 10 heteroatoms. The Morgan fingerprint density at radius 2 is 2.00 bits per heavy atom. The second kappa shape index (κ2) is 8.39. The Morgan fingerprint density at radius 3 is 2.71 bits per heavy atom. The van der Waals surface area contributed by atoms with E-state index >= 15 is 0 Å². The number of hydrogen-bond acceptors (Lipinski definition) is 7. The number of sulfonamides is 1. The lowest BCUT2D eigenvalue weighted by Gasteiger charge is -2.30. The first-order valence-corrected chi connectivity index (χ1v) is 11.1. The molecule has 0 saturated carbocycles. The summed E-state index contributed by atoms with van der Waals surface area (Å²) in [6.07, 6.45) is 3.53. The molecule has 1 saturated heterocycles. The number of anilines is 1. The first-order chi connectivity index (χ1) is 14.9. The molecule has 0 radical (unpaired) electrons. The number of rotatable bonds is 5. The minimum Gasteiger partial charge on any atom is -0.457 e. The first-order valence-electron chi connectivity index (χ1n) is 9.54. The minimum atomic E-state index is -4.00. The van der Waals surface area contributed by atoms with Crippen molar-refractivity contribution in [1.29, 1.82) is 5.26 Å². The van der Waals surface area contributed by atoms with Gasteiger partial charge in [0.05, 0.1) is 40.4 Å². The number of nitrogens with two attached hydrogens (primary N) is 1. The van der Waals surface area contributed by atoms with Crippen LogP contribution in [0.3, 0.4) is 0 Å². The number of aromatic nitrogens is 1. The standard InChI is InChI=1S/C21H20N4O5S/c22-12-18-15(13-25-6-2-1-3-19(18)25)14-30-21(26)17-11-16(31(23,27)28)4-5-20(17)24-7-9-29-10-8-24/h1-6,11,13H,7-10,14H2,(H2,23,27,28). The number of fused-ring (bicyclic) bond motifs is 1. The Labute approximate surface area is 179 Å². The fourth-order valence-corrected chi connectivity index (χ4v) is 4.11. The fraction of sp³-hybridized carbons (Fsp3) is 0.238. The van der Waals surface area contributed by atoms with Crippen molar-refractivity contribution in [2.75, 3.05) is 31.2 Å².